The van der Waals surface area contributed by atoms with Gasteiger partial charge in [-0.2, -0.15) is 0 Å². The van der Waals surface area contributed by atoms with Gasteiger partial charge in [0.05, 0.1) is 20.5 Å². The van der Waals surface area contributed by atoms with Crippen LogP contribution in [0.15, 0.2) is 71.6 Å². The summed E-state index contributed by atoms with van der Waals surface area (Å²) < 4.78 is 33.5. The van der Waals surface area contributed by atoms with E-state index in [1.807, 2.05) is 30.3 Å². The van der Waals surface area contributed by atoms with Crippen LogP contribution < -0.4 is 14.8 Å². The predicted molar refractivity (Wildman–Crippen MR) is 129 cm³/mol. The predicted octanol–water partition coefficient (Wildman–Crippen LogP) is 4.61. The van der Waals surface area contributed by atoms with E-state index in [-0.39, 0.29) is 27.0 Å². The molecule has 0 spiro atoms. The number of hydrogen-bond acceptors (Lipinski definition) is 6. The number of nitro groups is 1. The molecule has 0 aliphatic heterocycles. The van der Waals surface area contributed by atoms with E-state index >= 15 is 0 Å². The average molecular weight is 504 g/mol. The Balaban J connectivity index is 1.64. The standard InChI is InChI=1S/C23H22ClN3O6S/c1-15-8-9-18(27(29)30)12-21(15)25-23(28)14-33-22-11-10-19(13-20(22)24)34(31,32)26-16(2)17-6-4-3-5-7-17/h3-13,16,26H,14H2,1-2H3,(H,25,28)/t16-/m0/s1. The molecule has 1 amide bonds. The molecule has 9 nitrogen and oxygen atoms in total. The van der Waals surface area contributed by atoms with Crippen molar-refractivity contribution >= 4 is 38.9 Å². The zero-order valence-corrected chi connectivity index (χ0v) is 19.9. The quantitative estimate of drug-likeness (QED) is 0.324. The van der Waals surface area contributed by atoms with Gasteiger partial charge < -0.3 is 10.1 Å². The van der Waals surface area contributed by atoms with E-state index in [9.17, 15) is 23.3 Å². The van der Waals surface area contributed by atoms with Crippen LogP contribution >= 0.6 is 11.6 Å². The summed E-state index contributed by atoms with van der Waals surface area (Å²) in [6.07, 6.45) is 0. The van der Waals surface area contributed by atoms with Crippen LogP contribution in [0.4, 0.5) is 11.4 Å². The number of non-ortho nitro benzene ring substituents is 1. The number of aryl methyl sites for hydroxylation is 1. The molecular formula is C23H22ClN3O6S. The average Bonchev–Trinajstić information content (AvgIpc) is 2.79. The highest BCUT2D eigenvalue weighted by molar-refractivity contribution is 7.89. The Morgan fingerprint density at radius 2 is 1.82 bits per heavy atom. The number of anilines is 1. The summed E-state index contributed by atoms with van der Waals surface area (Å²) in [6.45, 7) is 2.99. The van der Waals surface area contributed by atoms with Crippen molar-refractivity contribution in [3.63, 3.8) is 0 Å². The summed E-state index contributed by atoms with van der Waals surface area (Å²) in [5, 5.41) is 13.5. The number of rotatable bonds is 9. The molecule has 0 unspecified atom stereocenters. The topological polar surface area (TPSA) is 128 Å². The lowest BCUT2D eigenvalue weighted by molar-refractivity contribution is -0.384. The number of nitro benzene ring substituents is 1. The van der Waals surface area contributed by atoms with Crippen LogP contribution in [0.2, 0.25) is 5.02 Å². The Hall–Kier alpha value is -3.47. The van der Waals surface area contributed by atoms with Gasteiger partial charge in [0.2, 0.25) is 10.0 Å². The lowest BCUT2D eigenvalue weighted by Crippen LogP contribution is -2.27. The molecule has 0 aromatic heterocycles. The Labute approximate surface area is 201 Å². The Morgan fingerprint density at radius 1 is 1.12 bits per heavy atom. The molecule has 0 bridgehead atoms. The summed E-state index contributed by atoms with van der Waals surface area (Å²) in [5.74, 6) is -0.447. The number of nitrogens with zero attached hydrogens (tertiary/aromatic N) is 1. The molecule has 3 rings (SSSR count). The molecule has 2 N–H and O–H groups in total. The van der Waals surface area contributed by atoms with E-state index in [0.29, 0.717) is 5.56 Å². The third-order valence-corrected chi connectivity index (χ3v) is 6.74. The SMILES string of the molecule is Cc1ccc([N+](=O)[O-])cc1NC(=O)COc1ccc(S(=O)(=O)N[C@@H](C)c2ccccc2)cc1Cl. The Morgan fingerprint density at radius 3 is 2.47 bits per heavy atom. The molecule has 0 saturated carbocycles. The van der Waals surface area contributed by atoms with Crippen molar-refractivity contribution in [2.45, 2.75) is 24.8 Å². The lowest BCUT2D eigenvalue weighted by atomic mass is 10.1. The third kappa shape index (κ3) is 6.31. The normalized spacial score (nSPS) is 12.1. The van der Waals surface area contributed by atoms with Crippen molar-refractivity contribution in [2.24, 2.45) is 0 Å². The molecule has 0 aliphatic rings. The van der Waals surface area contributed by atoms with Crippen molar-refractivity contribution < 1.29 is 22.9 Å². The number of hydrogen-bond donors (Lipinski definition) is 2. The molecule has 0 radical (unpaired) electrons. The first-order valence-electron chi connectivity index (χ1n) is 10.1. The van der Waals surface area contributed by atoms with Gasteiger partial charge in [-0.1, -0.05) is 48.0 Å². The molecule has 34 heavy (non-hydrogen) atoms. The van der Waals surface area contributed by atoms with Gasteiger partial charge in [0, 0.05) is 18.2 Å². The van der Waals surface area contributed by atoms with Gasteiger partial charge >= 0.3 is 0 Å². The van der Waals surface area contributed by atoms with E-state index < -0.39 is 33.5 Å². The van der Waals surface area contributed by atoms with Crippen molar-refractivity contribution in [3.05, 3.63) is 93.0 Å². The number of sulfonamides is 1. The summed E-state index contributed by atoms with van der Waals surface area (Å²) >= 11 is 6.19. The van der Waals surface area contributed by atoms with Crippen LogP contribution in [-0.2, 0) is 14.8 Å². The molecule has 0 saturated heterocycles. The maximum Gasteiger partial charge on any atom is 0.271 e. The first-order chi connectivity index (χ1) is 16.1. The summed E-state index contributed by atoms with van der Waals surface area (Å²) in [7, 11) is -3.86. The Bertz CT molecular complexity index is 1320. The fraction of sp³-hybridized carbons (Fsp3) is 0.174. The van der Waals surface area contributed by atoms with Crippen LogP contribution in [0, 0.1) is 17.0 Å². The third-order valence-electron chi connectivity index (χ3n) is 4.91. The van der Waals surface area contributed by atoms with Crippen molar-refractivity contribution in [1.82, 2.24) is 4.72 Å². The second kappa shape index (κ2) is 10.6. The second-order valence-electron chi connectivity index (χ2n) is 7.44. The maximum absolute atomic E-state index is 12.7. The lowest BCUT2D eigenvalue weighted by Gasteiger charge is -2.15. The van der Waals surface area contributed by atoms with Crippen molar-refractivity contribution in [3.8, 4) is 5.75 Å². The summed E-state index contributed by atoms with van der Waals surface area (Å²) in [5.41, 5.74) is 1.58. The van der Waals surface area contributed by atoms with Gasteiger partial charge in [-0.15, -0.1) is 0 Å². The summed E-state index contributed by atoms with van der Waals surface area (Å²) in [4.78, 5) is 22.6. The molecule has 178 valence electrons. The zero-order valence-electron chi connectivity index (χ0n) is 18.3. The fourth-order valence-electron chi connectivity index (χ4n) is 3.06. The molecule has 0 fully saturated rings. The largest absolute Gasteiger partial charge is 0.482 e. The molecule has 3 aromatic carbocycles. The number of carbonyl (C=O) groups is 1. The Kier molecular flexibility index (Phi) is 7.87. The minimum absolute atomic E-state index is 0.00886. The van der Waals surface area contributed by atoms with E-state index in [4.69, 9.17) is 16.3 Å². The van der Waals surface area contributed by atoms with E-state index in [1.54, 1.807) is 13.8 Å². The minimum Gasteiger partial charge on any atom is -0.482 e. The monoisotopic (exact) mass is 503 g/mol. The number of carbonyl (C=O) groups excluding carboxylic acids is 1. The van der Waals surface area contributed by atoms with Crippen LogP contribution in [0.5, 0.6) is 5.75 Å². The fourth-order valence-corrected chi connectivity index (χ4v) is 4.62. The number of halogens is 1. The van der Waals surface area contributed by atoms with Gasteiger partial charge in [-0.05, 0) is 43.2 Å². The molecule has 3 aromatic rings. The summed E-state index contributed by atoms with van der Waals surface area (Å²) in [6, 6.07) is 16.7. The van der Waals surface area contributed by atoms with E-state index in [1.165, 1.54) is 36.4 Å². The molecular weight excluding hydrogens is 482 g/mol. The first kappa shape index (κ1) is 25.2. The highest BCUT2D eigenvalue weighted by atomic mass is 35.5. The minimum atomic E-state index is -3.86. The maximum atomic E-state index is 12.7. The van der Waals surface area contributed by atoms with Crippen LogP contribution in [0.25, 0.3) is 0 Å². The molecule has 11 heteroatoms. The first-order valence-corrected chi connectivity index (χ1v) is 12.0. The van der Waals surface area contributed by atoms with Crippen molar-refractivity contribution in [2.75, 3.05) is 11.9 Å². The van der Waals surface area contributed by atoms with Gasteiger partial charge in [-0.25, -0.2) is 13.1 Å². The van der Waals surface area contributed by atoms with Gasteiger partial charge in [0.25, 0.3) is 11.6 Å². The second-order valence-corrected chi connectivity index (χ2v) is 9.56. The molecule has 1 atom stereocenters. The number of ether oxygens (including phenoxy) is 1. The molecule has 0 heterocycles. The zero-order chi connectivity index (χ0) is 24.9. The highest BCUT2D eigenvalue weighted by Crippen LogP contribution is 2.28. The highest BCUT2D eigenvalue weighted by Gasteiger charge is 2.20. The van der Waals surface area contributed by atoms with Crippen LogP contribution in [-0.4, -0.2) is 25.9 Å². The van der Waals surface area contributed by atoms with Crippen molar-refractivity contribution in [1.29, 1.82) is 0 Å². The van der Waals surface area contributed by atoms with Crippen LogP contribution in [0.1, 0.15) is 24.1 Å². The number of benzene rings is 3. The van der Waals surface area contributed by atoms with E-state index in [2.05, 4.69) is 10.0 Å². The molecule has 0 aliphatic carbocycles. The van der Waals surface area contributed by atoms with E-state index in [0.717, 1.165) is 5.56 Å². The smallest absolute Gasteiger partial charge is 0.271 e. The van der Waals surface area contributed by atoms with Crippen LogP contribution in [0.3, 0.4) is 0 Å². The van der Waals surface area contributed by atoms with Gasteiger partial charge in [0.15, 0.2) is 6.61 Å². The van der Waals surface area contributed by atoms with Gasteiger partial charge in [-0.3, -0.25) is 14.9 Å². The number of amides is 1. The van der Waals surface area contributed by atoms with Gasteiger partial charge in [0.1, 0.15) is 5.75 Å². The number of nitrogens with one attached hydrogen (secondary N) is 2.